The van der Waals surface area contributed by atoms with Crippen LogP contribution < -0.4 is 5.56 Å². The lowest BCUT2D eigenvalue weighted by Gasteiger charge is -2.30. The minimum Gasteiger partial charge on any atom is -0.370 e. The maximum Gasteiger partial charge on any atom is 0.264 e. The summed E-state index contributed by atoms with van der Waals surface area (Å²) in [5, 5.41) is 0. The van der Waals surface area contributed by atoms with Crippen LogP contribution in [0.3, 0.4) is 0 Å². The van der Waals surface area contributed by atoms with Crippen LogP contribution in [0.1, 0.15) is 63.9 Å². The maximum atomic E-state index is 12.3. The summed E-state index contributed by atoms with van der Waals surface area (Å²) in [6.07, 6.45) is 7.43. The number of methoxy groups -OCH3 is 1. The lowest BCUT2D eigenvalue weighted by atomic mass is 9.93. The lowest BCUT2D eigenvalue weighted by molar-refractivity contribution is -0.0355. The Bertz CT molecular complexity index is 532. The second kappa shape index (κ2) is 7.22. The number of aromatic nitrogens is 2. The minimum absolute atomic E-state index is 0.0306. The smallest absolute Gasteiger partial charge is 0.264 e. The number of hydrogen-bond acceptors (Lipinski definition) is 3. The number of nitrogens with zero attached hydrogens (tertiary/aromatic N) is 1. The van der Waals surface area contributed by atoms with Gasteiger partial charge in [-0.3, -0.25) is 4.79 Å². The molecule has 0 amide bonds. The van der Waals surface area contributed by atoms with E-state index in [1.165, 1.54) is 12.8 Å². The fourth-order valence-corrected chi connectivity index (χ4v) is 3.56. The Morgan fingerprint density at radius 2 is 1.90 bits per heavy atom. The van der Waals surface area contributed by atoms with Crippen molar-refractivity contribution in [3.05, 3.63) is 25.4 Å². The van der Waals surface area contributed by atoms with E-state index >= 15 is 0 Å². The van der Waals surface area contributed by atoms with Gasteiger partial charge in [-0.1, -0.05) is 39.5 Å². The first kappa shape index (κ1) is 16.9. The van der Waals surface area contributed by atoms with Crippen LogP contribution in [0.2, 0.25) is 0 Å². The van der Waals surface area contributed by atoms with Gasteiger partial charge >= 0.3 is 0 Å². The van der Waals surface area contributed by atoms with E-state index in [2.05, 4.69) is 41.4 Å². The third kappa shape index (κ3) is 3.86. The molecule has 0 unspecified atom stereocenters. The highest BCUT2D eigenvalue weighted by Crippen LogP contribution is 2.37. The Kier molecular flexibility index (Phi) is 5.82. The average Bonchev–Trinajstić information content (AvgIpc) is 2.69. The van der Waals surface area contributed by atoms with Crippen LogP contribution in [0, 0.1) is 9.49 Å². The monoisotopic (exact) mass is 404 g/mol. The number of nitrogens with one attached hydrogen (secondary N) is 1. The van der Waals surface area contributed by atoms with E-state index in [9.17, 15) is 4.79 Å². The van der Waals surface area contributed by atoms with Gasteiger partial charge in [-0.2, -0.15) is 0 Å². The summed E-state index contributed by atoms with van der Waals surface area (Å²) in [6, 6.07) is 0. The molecule has 1 aromatic heterocycles. The molecule has 2 rings (SSSR count). The lowest BCUT2D eigenvalue weighted by Crippen LogP contribution is -2.34. The van der Waals surface area contributed by atoms with Crippen molar-refractivity contribution in [2.24, 2.45) is 5.92 Å². The number of rotatable bonds is 4. The van der Waals surface area contributed by atoms with Crippen LogP contribution in [-0.4, -0.2) is 17.1 Å². The third-order valence-electron chi connectivity index (χ3n) is 4.27. The molecule has 4 nitrogen and oxygen atoms in total. The zero-order valence-electron chi connectivity index (χ0n) is 13.2. The largest absolute Gasteiger partial charge is 0.370 e. The average molecular weight is 404 g/mol. The Morgan fingerprint density at radius 3 is 2.43 bits per heavy atom. The molecule has 1 heterocycles. The van der Waals surface area contributed by atoms with Gasteiger partial charge in [0.05, 0.1) is 9.26 Å². The molecule has 1 aromatic rings. The molecule has 1 saturated carbocycles. The second-order valence-electron chi connectivity index (χ2n) is 6.39. The van der Waals surface area contributed by atoms with Crippen molar-refractivity contribution in [2.45, 2.75) is 64.4 Å². The summed E-state index contributed by atoms with van der Waals surface area (Å²) in [6.45, 7) is 4.30. The Hall–Kier alpha value is -0.430. The van der Waals surface area contributed by atoms with Crippen LogP contribution in [0.15, 0.2) is 4.79 Å². The molecule has 21 heavy (non-hydrogen) atoms. The Balaban J connectivity index is 2.45. The van der Waals surface area contributed by atoms with Crippen LogP contribution in [0.5, 0.6) is 0 Å². The minimum atomic E-state index is -0.411. The van der Waals surface area contributed by atoms with Gasteiger partial charge in [0.2, 0.25) is 0 Å². The molecule has 118 valence electrons. The van der Waals surface area contributed by atoms with Crippen LogP contribution in [0.25, 0.3) is 0 Å². The van der Waals surface area contributed by atoms with Crippen molar-refractivity contribution in [1.29, 1.82) is 0 Å². The second-order valence-corrected chi connectivity index (χ2v) is 7.46. The van der Waals surface area contributed by atoms with Gasteiger partial charge in [0, 0.05) is 7.11 Å². The fraction of sp³-hybridized carbons (Fsp3) is 0.750. The summed E-state index contributed by atoms with van der Waals surface area (Å²) >= 11 is 2.10. The first-order chi connectivity index (χ1) is 9.98. The van der Waals surface area contributed by atoms with E-state index in [-0.39, 0.29) is 5.56 Å². The van der Waals surface area contributed by atoms with Crippen LogP contribution >= 0.6 is 22.6 Å². The summed E-state index contributed by atoms with van der Waals surface area (Å²) in [5.41, 5.74) is 0.466. The quantitative estimate of drug-likeness (QED) is 0.614. The molecule has 5 heteroatoms. The molecule has 1 aliphatic rings. The van der Waals surface area contributed by atoms with E-state index in [0.29, 0.717) is 9.49 Å². The molecule has 1 N–H and O–H groups in total. The molecule has 1 fully saturated rings. The van der Waals surface area contributed by atoms with Crippen LogP contribution in [-0.2, 0) is 16.8 Å². The van der Waals surface area contributed by atoms with Crippen molar-refractivity contribution in [2.75, 3.05) is 7.11 Å². The zero-order chi connectivity index (χ0) is 15.5. The number of ether oxygens (including phenoxy) is 1. The third-order valence-corrected chi connectivity index (χ3v) is 5.38. The van der Waals surface area contributed by atoms with Crippen molar-refractivity contribution >= 4 is 22.6 Å². The highest BCUT2D eigenvalue weighted by atomic mass is 127. The van der Waals surface area contributed by atoms with E-state index in [1.807, 2.05) is 0 Å². The molecule has 0 atom stereocenters. The van der Waals surface area contributed by atoms with Gasteiger partial charge in [-0.15, -0.1) is 0 Å². The van der Waals surface area contributed by atoms with E-state index in [4.69, 9.17) is 9.72 Å². The maximum absolute atomic E-state index is 12.3. The van der Waals surface area contributed by atoms with E-state index in [1.54, 1.807) is 7.11 Å². The molecule has 0 spiro atoms. The first-order valence-corrected chi connectivity index (χ1v) is 8.91. The molecular weight excluding hydrogens is 379 g/mol. The molecule has 0 radical (unpaired) electrons. The van der Waals surface area contributed by atoms with Gasteiger partial charge < -0.3 is 9.72 Å². The highest BCUT2D eigenvalue weighted by Gasteiger charge is 2.36. The van der Waals surface area contributed by atoms with Crippen LogP contribution in [0.4, 0.5) is 0 Å². The van der Waals surface area contributed by atoms with E-state index < -0.39 is 5.60 Å². The van der Waals surface area contributed by atoms with Crippen molar-refractivity contribution in [3.63, 3.8) is 0 Å². The van der Waals surface area contributed by atoms with Gasteiger partial charge in [-0.25, -0.2) is 4.98 Å². The normalized spacial score (nSPS) is 18.7. The molecule has 1 aliphatic carbocycles. The zero-order valence-corrected chi connectivity index (χ0v) is 15.3. The SMILES string of the molecule is COC1(c2nc(CC(C)C)c(I)c(=O)[nH]2)CCCCCC1. The standard InChI is InChI=1S/C16H25IN2O2/c1-11(2)10-12-13(17)14(20)19-15(18-12)16(21-3)8-6-4-5-7-9-16/h11H,4-10H2,1-3H3,(H,18,19,20). The van der Waals surface area contributed by atoms with E-state index in [0.717, 1.165) is 43.6 Å². The van der Waals surface area contributed by atoms with Crippen molar-refractivity contribution in [1.82, 2.24) is 9.97 Å². The topological polar surface area (TPSA) is 55.0 Å². The van der Waals surface area contributed by atoms with Gasteiger partial charge in [0.1, 0.15) is 11.4 Å². The molecule has 0 aromatic carbocycles. The van der Waals surface area contributed by atoms with Crippen molar-refractivity contribution in [3.8, 4) is 0 Å². The Labute approximate surface area is 140 Å². The molecular formula is C16H25IN2O2. The number of aromatic amines is 1. The molecule has 0 bridgehead atoms. The first-order valence-electron chi connectivity index (χ1n) is 7.83. The van der Waals surface area contributed by atoms with Gasteiger partial charge in [-0.05, 0) is 47.8 Å². The molecule has 0 aliphatic heterocycles. The number of hydrogen-bond donors (Lipinski definition) is 1. The predicted molar refractivity (Wildman–Crippen MR) is 92.5 cm³/mol. The van der Waals surface area contributed by atoms with Gasteiger partial charge in [0.25, 0.3) is 5.56 Å². The van der Waals surface area contributed by atoms with Gasteiger partial charge in [0.15, 0.2) is 0 Å². The Morgan fingerprint density at radius 1 is 1.29 bits per heavy atom. The summed E-state index contributed by atoms with van der Waals surface area (Å²) in [4.78, 5) is 20.0. The molecule has 0 saturated heterocycles. The number of H-pyrrole nitrogens is 1. The summed E-state index contributed by atoms with van der Waals surface area (Å²) in [7, 11) is 1.74. The van der Waals surface area contributed by atoms with Crippen molar-refractivity contribution < 1.29 is 4.74 Å². The highest BCUT2D eigenvalue weighted by molar-refractivity contribution is 14.1. The fourth-order valence-electron chi connectivity index (χ4n) is 3.08. The summed E-state index contributed by atoms with van der Waals surface area (Å²) < 4.78 is 6.58. The predicted octanol–water partition coefficient (Wildman–Crippen LogP) is 3.77. The number of halogens is 1. The summed E-state index contributed by atoms with van der Waals surface area (Å²) in [5.74, 6) is 1.21.